The fourth-order valence-electron chi connectivity index (χ4n) is 1.61. The third-order valence-corrected chi connectivity index (χ3v) is 2.56. The maximum Gasteiger partial charge on any atom is 0.343 e. The Morgan fingerprint density at radius 1 is 0.957 bits per heavy atom. The molecule has 0 unspecified atom stereocenters. The molecule has 0 fully saturated rings. The van der Waals surface area contributed by atoms with E-state index in [0.29, 0.717) is 0 Å². The monoisotopic (exact) mass is 337 g/mol. The SMILES string of the molecule is CCOC(=O)/C(=C/N(C)C)C(=O)c1c(F)c(F)c(F)c(F)c1F. The van der Waals surface area contributed by atoms with Crippen LogP contribution < -0.4 is 0 Å². The molecule has 0 atom stereocenters. The molecule has 0 aliphatic heterocycles. The molecule has 1 aromatic rings. The van der Waals surface area contributed by atoms with Gasteiger partial charge in [0.2, 0.25) is 11.6 Å². The molecule has 0 amide bonds. The number of halogens is 5. The summed E-state index contributed by atoms with van der Waals surface area (Å²) in [5.74, 6) is -14.5. The fourth-order valence-corrected chi connectivity index (χ4v) is 1.61. The lowest BCUT2D eigenvalue weighted by atomic mass is 10.0. The van der Waals surface area contributed by atoms with Crippen molar-refractivity contribution in [3.05, 3.63) is 46.4 Å². The lowest BCUT2D eigenvalue weighted by Gasteiger charge is -2.12. The number of nitrogens with zero attached hydrogens (tertiary/aromatic N) is 1. The van der Waals surface area contributed by atoms with Crippen molar-refractivity contribution in [1.82, 2.24) is 4.90 Å². The van der Waals surface area contributed by atoms with Gasteiger partial charge in [-0.25, -0.2) is 26.7 Å². The first kappa shape index (κ1) is 18.6. The molecule has 0 spiro atoms. The van der Waals surface area contributed by atoms with E-state index < -0.39 is 52.0 Å². The molecule has 23 heavy (non-hydrogen) atoms. The summed E-state index contributed by atoms with van der Waals surface area (Å²) in [5.41, 5.74) is -2.59. The zero-order chi connectivity index (χ0) is 17.9. The number of hydrogen-bond acceptors (Lipinski definition) is 4. The number of ketones is 1. The van der Waals surface area contributed by atoms with Crippen LogP contribution in [0.2, 0.25) is 0 Å². The Kier molecular flexibility index (Phi) is 5.83. The molecule has 0 aliphatic rings. The Hall–Kier alpha value is -2.45. The normalized spacial score (nSPS) is 11.4. The number of esters is 1. The second-order valence-electron chi connectivity index (χ2n) is 4.50. The molecule has 0 saturated heterocycles. The van der Waals surface area contributed by atoms with Crippen molar-refractivity contribution in [2.24, 2.45) is 0 Å². The summed E-state index contributed by atoms with van der Waals surface area (Å²) in [5, 5.41) is 0. The Labute approximate surface area is 128 Å². The molecular formula is C14H12F5NO3. The van der Waals surface area contributed by atoms with Crippen LogP contribution in [0.15, 0.2) is 11.8 Å². The molecular weight excluding hydrogens is 325 g/mol. The summed E-state index contributed by atoms with van der Waals surface area (Å²) in [7, 11) is 2.76. The van der Waals surface area contributed by atoms with Gasteiger partial charge in [-0.05, 0) is 6.92 Å². The van der Waals surface area contributed by atoms with Crippen LogP contribution in [0.1, 0.15) is 17.3 Å². The standard InChI is InChI=1S/C14H12F5NO3/c1-4-23-14(22)6(5-20(2)3)13(21)7-8(15)10(17)12(19)11(18)9(7)16/h5H,4H2,1-3H3/b6-5+. The quantitative estimate of drug-likeness (QED) is 0.121. The van der Waals surface area contributed by atoms with Crippen molar-refractivity contribution in [2.75, 3.05) is 20.7 Å². The van der Waals surface area contributed by atoms with Gasteiger partial charge in [0.05, 0.1) is 6.61 Å². The third kappa shape index (κ3) is 3.66. The molecule has 126 valence electrons. The van der Waals surface area contributed by atoms with E-state index in [2.05, 4.69) is 4.74 Å². The molecule has 0 aliphatic carbocycles. The molecule has 0 radical (unpaired) electrons. The molecule has 1 aromatic carbocycles. The van der Waals surface area contributed by atoms with Crippen molar-refractivity contribution < 1.29 is 36.3 Å². The molecule has 9 heteroatoms. The van der Waals surface area contributed by atoms with Gasteiger partial charge in [-0.15, -0.1) is 0 Å². The molecule has 1 rings (SSSR count). The number of hydrogen-bond donors (Lipinski definition) is 0. The highest BCUT2D eigenvalue weighted by Gasteiger charge is 2.33. The maximum absolute atomic E-state index is 13.7. The first-order chi connectivity index (χ1) is 10.6. The van der Waals surface area contributed by atoms with E-state index in [1.807, 2.05) is 0 Å². The van der Waals surface area contributed by atoms with Crippen LogP contribution in [0, 0.1) is 29.1 Å². The third-order valence-electron chi connectivity index (χ3n) is 2.56. The van der Waals surface area contributed by atoms with Gasteiger partial charge in [0, 0.05) is 20.3 Å². The van der Waals surface area contributed by atoms with Gasteiger partial charge in [0.1, 0.15) is 11.1 Å². The Balaban J connectivity index is 3.56. The minimum Gasteiger partial charge on any atom is -0.462 e. The van der Waals surface area contributed by atoms with Gasteiger partial charge < -0.3 is 9.64 Å². The molecule has 0 bridgehead atoms. The van der Waals surface area contributed by atoms with E-state index in [4.69, 9.17) is 0 Å². The van der Waals surface area contributed by atoms with Crippen molar-refractivity contribution in [2.45, 2.75) is 6.92 Å². The highest BCUT2D eigenvalue weighted by Crippen LogP contribution is 2.25. The minimum absolute atomic E-state index is 0.159. The maximum atomic E-state index is 13.7. The zero-order valence-corrected chi connectivity index (χ0v) is 12.3. The number of rotatable bonds is 5. The van der Waals surface area contributed by atoms with Crippen molar-refractivity contribution in [3.8, 4) is 0 Å². The highest BCUT2D eigenvalue weighted by molar-refractivity contribution is 6.24. The second kappa shape index (κ2) is 7.21. The lowest BCUT2D eigenvalue weighted by Crippen LogP contribution is -2.22. The van der Waals surface area contributed by atoms with Gasteiger partial charge in [-0.2, -0.15) is 0 Å². The highest BCUT2D eigenvalue weighted by atomic mass is 19.2. The van der Waals surface area contributed by atoms with Gasteiger partial charge in [-0.1, -0.05) is 0 Å². The summed E-state index contributed by atoms with van der Waals surface area (Å²) in [6, 6.07) is 0. The largest absolute Gasteiger partial charge is 0.462 e. The number of Topliss-reactive ketones (excluding diaryl/α,β-unsaturated/α-hetero) is 1. The average Bonchev–Trinajstić information content (AvgIpc) is 2.48. The van der Waals surface area contributed by atoms with Crippen LogP contribution in [0.4, 0.5) is 22.0 Å². The summed E-state index contributed by atoms with van der Waals surface area (Å²) < 4.78 is 71.2. The molecule has 4 nitrogen and oxygen atoms in total. The van der Waals surface area contributed by atoms with E-state index in [0.717, 1.165) is 6.20 Å². The van der Waals surface area contributed by atoms with Crippen LogP contribution in [0.25, 0.3) is 0 Å². The van der Waals surface area contributed by atoms with Crippen LogP contribution >= 0.6 is 0 Å². The summed E-state index contributed by atoms with van der Waals surface area (Å²) in [4.78, 5) is 25.0. The molecule has 0 N–H and O–H groups in total. The van der Waals surface area contributed by atoms with Crippen molar-refractivity contribution in [3.63, 3.8) is 0 Å². The first-order valence-electron chi connectivity index (χ1n) is 6.24. The summed E-state index contributed by atoms with van der Waals surface area (Å²) in [6.45, 7) is 1.25. The van der Waals surface area contributed by atoms with Gasteiger partial charge in [0.15, 0.2) is 23.3 Å². The van der Waals surface area contributed by atoms with E-state index in [9.17, 15) is 31.5 Å². The Bertz CT molecular complexity index is 656. The van der Waals surface area contributed by atoms with Crippen LogP contribution in [0.3, 0.4) is 0 Å². The van der Waals surface area contributed by atoms with Crippen LogP contribution in [-0.4, -0.2) is 37.4 Å². The number of carbonyl (C=O) groups excluding carboxylic acids is 2. The zero-order valence-electron chi connectivity index (χ0n) is 12.3. The lowest BCUT2D eigenvalue weighted by molar-refractivity contribution is -0.138. The van der Waals surface area contributed by atoms with Crippen LogP contribution in [0.5, 0.6) is 0 Å². The second-order valence-corrected chi connectivity index (χ2v) is 4.50. The van der Waals surface area contributed by atoms with Crippen molar-refractivity contribution >= 4 is 11.8 Å². The molecule has 0 heterocycles. The summed E-state index contributed by atoms with van der Waals surface area (Å²) in [6.07, 6.45) is 0.859. The van der Waals surface area contributed by atoms with Gasteiger partial charge in [0.25, 0.3) is 0 Å². The number of benzene rings is 1. The topological polar surface area (TPSA) is 46.6 Å². The molecule has 0 saturated carbocycles. The first-order valence-corrected chi connectivity index (χ1v) is 6.24. The van der Waals surface area contributed by atoms with Gasteiger partial charge in [-0.3, -0.25) is 4.79 Å². The fraction of sp³-hybridized carbons (Fsp3) is 0.286. The minimum atomic E-state index is -2.40. The predicted octanol–water partition coefficient (Wildman–Crippen LogP) is 2.57. The van der Waals surface area contributed by atoms with Crippen LogP contribution in [-0.2, 0) is 9.53 Å². The predicted molar refractivity (Wildman–Crippen MR) is 69.0 cm³/mol. The van der Waals surface area contributed by atoms with E-state index >= 15 is 0 Å². The molecule has 0 aromatic heterocycles. The Morgan fingerprint density at radius 2 is 1.39 bits per heavy atom. The average molecular weight is 337 g/mol. The number of ether oxygens (including phenoxy) is 1. The van der Waals surface area contributed by atoms with E-state index in [1.165, 1.54) is 25.9 Å². The van der Waals surface area contributed by atoms with E-state index in [1.54, 1.807) is 0 Å². The smallest absolute Gasteiger partial charge is 0.343 e. The number of carbonyl (C=O) groups is 2. The Morgan fingerprint density at radius 3 is 1.78 bits per heavy atom. The van der Waals surface area contributed by atoms with Gasteiger partial charge >= 0.3 is 5.97 Å². The summed E-state index contributed by atoms with van der Waals surface area (Å²) >= 11 is 0. The van der Waals surface area contributed by atoms with Crippen molar-refractivity contribution in [1.29, 1.82) is 0 Å². The van der Waals surface area contributed by atoms with E-state index in [-0.39, 0.29) is 6.61 Å².